The van der Waals surface area contributed by atoms with Gasteiger partial charge in [0.25, 0.3) is 0 Å². The maximum atomic E-state index is 4.01. The van der Waals surface area contributed by atoms with Gasteiger partial charge in [0, 0.05) is 6.20 Å². The van der Waals surface area contributed by atoms with E-state index in [0.29, 0.717) is 5.41 Å². The Morgan fingerprint density at radius 1 is 1.36 bits per heavy atom. The van der Waals surface area contributed by atoms with Crippen LogP contribution < -0.4 is 0 Å². The van der Waals surface area contributed by atoms with Crippen LogP contribution in [0, 0.1) is 5.41 Å². The summed E-state index contributed by atoms with van der Waals surface area (Å²) in [6.07, 6.45) is 2.69. The SMILES string of the molecule is CC(C)(C)Cc1cccnn1. The second-order valence-electron chi connectivity index (χ2n) is 3.95. The molecule has 0 aromatic carbocycles. The Bertz CT molecular complexity index is 211. The molecular weight excluding hydrogens is 136 g/mol. The minimum atomic E-state index is 0.302. The van der Waals surface area contributed by atoms with Crippen molar-refractivity contribution >= 4 is 0 Å². The minimum Gasteiger partial charge on any atom is -0.159 e. The van der Waals surface area contributed by atoms with Crippen LogP contribution in [0.5, 0.6) is 0 Å². The fourth-order valence-corrected chi connectivity index (χ4v) is 0.971. The Labute approximate surface area is 67.7 Å². The van der Waals surface area contributed by atoms with Gasteiger partial charge in [0.1, 0.15) is 0 Å². The van der Waals surface area contributed by atoms with Gasteiger partial charge >= 0.3 is 0 Å². The van der Waals surface area contributed by atoms with Gasteiger partial charge in [0.05, 0.1) is 5.69 Å². The molecule has 0 atom stereocenters. The summed E-state index contributed by atoms with van der Waals surface area (Å²) in [7, 11) is 0. The molecular formula is C9H14N2. The summed E-state index contributed by atoms with van der Waals surface area (Å²) in [6.45, 7) is 6.59. The second-order valence-corrected chi connectivity index (χ2v) is 3.95. The van der Waals surface area contributed by atoms with Crippen LogP contribution in [0.25, 0.3) is 0 Å². The molecule has 0 amide bonds. The van der Waals surface area contributed by atoms with E-state index in [1.54, 1.807) is 6.20 Å². The molecule has 0 fully saturated rings. The lowest BCUT2D eigenvalue weighted by Gasteiger charge is -2.16. The predicted molar refractivity (Wildman–Crippen MR) is 45.2 cm³/mol. The number of hydrogen-bond acceptors (Lipinski definition) is 2. The van der Waals surface area contributed by atoms with Crippen LogP contribution in [0.15, 0.2) is 18.3 Å². The fourth-order valence-electron chi connectivity index (χ4n) is 0.971. The monoisotopic (exact) mass is 150 g/mol. The standard InChI is InChI=1S/C9H14N2/c1-9(2,3)7-8-5-4-6-10-11-8/h4-6H,7H2,1-3H3. The average Bonchev–Trinajstić information content (AvgIpc) is 1.85. The Kier molecular flexibility index (Phi) is 2.22. The zero-order chi connectivity index (χ0) is 8.32. The largest absolute Gasteiger partial charge is 0.159 e. The topological polar surface area (TPSA) is 25.8 Å². The molecule has 2 heteroatoms. The summed E-state index contributed by atoms with van der Waals surface area (Å²) < 4.78 is 0. The first-order valence-corrected chi connectivity index (χ1v) is 3.84. The van der Waals surface area contributed by atoms with Crippen LogP contribution in [0.2, 0.25) is 0 Å². The molecule has 60 valence electrons. The third kappa shape index (κ3) is 3.12. The maximum Gasteiger partial charge on any atom is 0.0636 e. The van der Waals surface area contributed by atoms with Gasteiger partial charge in [0.15, 0.2) is 0 Å². The van der Waals surface area contributed by atoms with Crippen LogP contribution >= 0.6 is 0 Å². The van der Waals surface area contributed by atoms with Gasteiger partial charge in [-0.25, -0.2) is 0 Å². The summed E-state index contributed by atoms with van der Waals surface area (Å²) in [5.74, 6) is 0. The van der Waals surface area contributed by atoms with Crippen molar-refractivity contribution in [3.05, 3.63) is 24.0 Å². The van der Waals surface area contributed by atoms with Crippen molar-refractivity contribution in [2.75, 3.05) is 0 Å². The molecule has 11 heavy (non-hydrogen) atoms. The van der Waals surface area contributed by atoms with E-state index in [1.807, 2.05) is 12.1 Å². The highest BCUT2D eigenvalue weighted by atomic mass is 15.1. The summed E-state index contributed by atoms with van der Waals surface area (Å²) in [6, 6.07) is 3.94. The molecule has 1 aromatic rings. The van der Waals surface area contributed by atoms with Crippen LogP contribution in [0.3, 0.4) is 0 Å². The molecule has 0 spiro atoms. The molecule has 0 unspecified atom stereocenters. The molecule has 1 heterocycles. The second kappa shape index (κ2) is 2.99. The highest BCUT2D eigenvalue weighted by molar-refractivity contribution is 5.01. The first kappa shape index (κ1) is 8.18. The zero-order valence-electron chi connectivity index (χ0n) is 7.33. The lowest BCUT2D eigenvalue weighted by Crippen LogP contribution is -2.10. The minimum absolute atomic E-state index is 0.302. The van der Waals surface area contributed by atoms with Crippen molar-refractivity contribution in [2.45, 2.75) is 27.2 Å². The van der Waals surface area contributed by atoms with Crippen LogP contribution in [0.1, 0.15) is 26.5 Å². The zero-order valence-corrected chi connectivity index (χ0v) is 7.33. The third-order valence-corrected chi connectivity index (χ3v) is 1.34. The normalized spacial score (nSPS) is 11.5. The molecule has 0 saturated carbocycles. The number of rotatable bonds is 1. The quantitative estimate of drug-likeness (QED) is 0.612. The van der Waals surface area contributed by atoms with Crippen molar-refractivity contribution in [2.24, 2.45) is 5.41 Å². The summed E-state index contributed by atoms with van der Waals surface area (Å²) in [5.41, 5.74) is 1.37. The first-order valence-electron chi connectivity index (χ1n) is 3.84. The predicted octanol–water partition coefficient (Wildman–Crippen LogP) is 2.07. The Hall–Kier alpha value is -0.920. The van der Waals surface area contributed by atoms with E-state index in [0.717, 1.165) is 12.1 Å². The Morgan fingerprint density at radius 3 is 2.55 bits per heavy atom. The molecule has 0 aliphatic carbocycles. The van der Waals surface area contributed by atoms with Gasteiger partial charge in [-0.05, 0) is 24.0 Å². The van der Waals surface area contributed by atoms with Crippen LogP contribution in [0.4, 0.5) is 0 Å². The van der Waals surface area contributed by atoms with Gasteiger partial charge in [-0.1, -0.05) is 20.8 Å². The van der Waals surface area contributed by atoms with Crippen molar-refractivity contribution in [3.8, 4) is 0 Å². The highest BCUT2D eigenvalue weighted by Gasteiger charge is 2.11. The molecule has 0 aliphatic rings. The van der Waals surface area contributed by atoms with E-state index in [1.165, 1.54) is 0 Å². The summed E-state index contributed by atoms with van der Waals surface area (Å²) in [5, 5.41) is 7.83. The average molecular weight is 150 g/mol. The van der Waals surface area contributed by atoms with E-state index < -0.39 is 0 Å². The van der Waals surface area contributed by atoms with Gasteiger partial charge in [-0.2, -0.15) is 10.2 Å². The fraction of sp³-hybridized carbons (Fsp3) is 0.556. The highest BCUT2D eigenvalue weighted by Crippen LogP contribution is 2.18. The molecule has 0 N–H and O–H groups in total. The lowest BCUT2D eigenvalue weighted by molar-refractivity contribution is 0.404. The van der Waals surface area contributed by atoms with Crippen molar-refractivity contribution in [1.82, 2.24) is 10.2 Å². The van der Waals surface area contributed by atoms with Crippen LogP contribution in [-0.4, -0.2) is 10.2 Å². The molecule has 0 bridgehead atoms. The smallest absolute Gasteiger partial charge is 0.0636 e. The van der Waals surface area contributed by atoms with Gasteiger partial charge in [-0.15, -0.1) is 0 Å². The number of aromatic nitrogens is 2. The molecule has 1 aromatic heterocycles. The van der Waals surface area contributed by atoms with Gasteiger partial charge in [0.2, 0.25) is 0 Å². The first-order chi connectivity index (χ1) is 5.08. The van der Waals surface area contributed by atoms with E-state index in [4.69, 9.17) is 0 Å². The molecule has 2 nitrogen and oxygen atoms in total. The molecule has 0 saturated heterocycles. The summed E-state index contributed by atoms with van der Waals surface area (Å²) in [4.78, 5) is 0. The molecule has 1 rings (SSSR count). The van der Waals surface area contributed by atoms with Crippen molar-refractivity contribution in [1.29, 1.82) is 0 Å². The van der Waals surface area contributed by atoms with Gasteiger partial charge < -0.3 is 0 Å². The van der Waals surface area contributed by atoms with Crippen molar-refractivity contribution < 1.29 is 0 Å². The van der Waals surface area contributed by atoms with E-state index in [9.17, 15) is 0 Å². The number of hydrogen-bond donors (Lipinski definition) is 0. The molecule has 0 radical (unpaired) electrons. The summed E-state index contributed by atoms with van der Waals surface area (Å²) >= 11 is 0. The third-order valence-electron chi connectivity index (χ3n) is 1.34. The van der Waals surface area contributed by atoms with E-state index >= 15 is 0 Å². The van der Waals surface area contributed by atoms with E-state index in [-0.39, 0.29) is 0 Å². The van der Waals surface area contributed by atoms with E-state index in [2.05, 4.69) is 31.0 Å². The molecule has 0 aliphatic heterocycles. The Balaban J connectivity index is 2.66. The van der Waals surface area contributed by atoms with Crippen LogP contribution in [-0.2, 0) is 6.42 Å². The maximum absolute atomic E-state index is 4.01. The lowest BCUT2D eigenvalue weighted by atomic mass is 9.90. The van der Waals surface area contributed by atoms with Crippen molar-refractivity contribution in [3.63, 3.8) is 0 Å². The Morgan fingerprint density at radius 2 is 2.09 bits per heavy atom. The number of nitrogens with zero attached hydrogens (tertiary/aromatic N) is 2. The van der Waals surface area contributed by atoms with Gasteiger partial charge in [-0.3, -0.25) is 0 Å².